The summed E-state index contributed by atoms with van der Waals surface area (Å²) in [6, 6.07) is -0.739. The molecule has 0 fully saturated rings. The number of ether oxygens (including phenoxy) is 2. The van der Waals surface area contributed by atoms with Crippen LogP contribution in [0.3, 0.4) is 0 Å². The molecule has 20 heavy (non-hydrogen) atoms. The lowest BCUT2D eigenvalue weighted by Crippen LogP contribution is -2.38. The zero-order valence-electron chi connectivity index (χ0n) is 11.8. The van der Waals surface area contributed by atoms with Crippen LogP contribution in [0.2, 0.25) is 0 Å². The lowest BCUT2D eigenvalue weighted by atomic mass is 10.2. The second kappa shape index (κ2) is 14.5. The van der Waals surface area contributed by atoms with Crippen LogP contribution >= 0.6 is 11.8 Å². The summed E-state index contributed by atoms with van der Waals surface area (Å²) in [4.78, 5) is 22.3. The van der Waals surface area contributed by atoms with Gasteiger partial charge in [0.25, 0.3) is 0 Å². The Morgan fingerprint density at radius 3 is 2.40 bits per heavy atom. The van der Waals surface area contributed by atoms with E-state index in [0.29, 0.717) is 6.42 Å². The molecule has 0 aromatic carbocycles. The highest BCUT2D eigenvalue weighted by molar-refractivity contribution is 7.98. The minimum Gasteiger partial charge on any atom is -0.461 e. The lowest BCUT2D eigenvalue weighted by Gasteiger charge is -2.18. The molecule has 1 unspecified atom stereocenters. The number of hydrogen-bond acceptors (Lipinski definition) is 9. The van der Waals surface area contributed by atoms with Gasteiger partial charge in [0.1, 0.15) is 12.6 Å². The van der Waals surface area contributed by atoms with Crippen LogP contribution in [0.5, 0.6) is 0 Å². The van der Waals surface area contributed by atoms with Crippen molar-refractivity contribution >= 4 is 23.7 Å². The van der Waals surface area contributed by atoms with Crippen molar-refractivity contribution in [3.63, 3.8) is 0 Å². The van der Waals surface area contributed by atoms with Crippen LogP contribution in [0.15, 0.2) is 0 Å². The van der Waals surface area contributed by atoms with Crippen molar-refractivity contribution in [2.24, 2.45) is 11.5 Å². The molecule has 6 N–H and O–H groups in total. The van der Waals surface area contributed by atoms with Gasteiger partial charge in [-0.3, -0.25) is 9.59 Å². The number of thioether (sulfide) groups is 1. The van der Waals surface area contributed by atoms with Gasteiger partial charge in [0.05, 0.1) is 13.2 Å². The molecule has 0 bridgehead atoms. The topological polar surface area (TPSA) is 145 Å². The van der Waals surface area contributed by atoms with Crippen LogP contribution in [0.1, 0.15) is 6.42 Å². The third kappa shape index (κ3) is 11.0. The number of nitrogens with two attached hydrogens (primary N) is 2. The number of hydrogen-bond donors (Lipinski definition) is 4. The van der Waals surface area contributed by atoms with Crippen molar-refractivity contribution in [2.45, 2.75) is 18.6 Å². The Bertz CT molecular complexity index is 267. The van der Waals surface area contributed by atoms with Crippen molar-refractivity contribution in [1.29, 1.82) is 0 Å². The Hall–Kier alpha value is -0.870. The van der Waals surface area contributed by atoms with Crippen molar-refractivity contribution in [3.05, 3.63) is 0 Å². The molecule has 0 heterocycles. The number of carbonyl (C=O) groups is 2. The van der Waals surface area contributed by atoms with Gasteiger partial charge in [-0.15, -0.1) is 0 Å². The van der Waals surface area contributed by atoms with Crippen molar-refractivity contribution < 1.29 is 29.3 Å². The largest absolute Gasteiger partial charge is 0.461 e. The first kappa shape index (κ1) is 21.4. The van der Waals surface area contributed by atoms with Gasteiger partial charge in [-0.2, -0.15) is 11.8 Å². The molecule has 120 valence electrons. The molecule has 0 aliphatic rings. The first-order valence-corrected chi connectivity index (χ1v) is 7.30. The van der Waals surface area contributed by atoms with Gasteiger partial charge in [-0.05, 0) is 18.4 Å². The van der Waals surface area contributed by atoms with Gasteiger partial charge in [0, 0.05) is 7.11 Å². The van der Waals surface area contributed by atoms with E-state index >= 15 is 0 Å². The van der Waals surface area contributed by atoms with Crippen LogP contribution in [0.25, 0.3) is 0 Å². The van der Waals surface area contributed by atoms with Crippen LogP contribution in [0, 0.1) is 0 Å². The maximum atomic E-state index is 11.5. The Kier molecular flexibility index (Phi) is 15.6. The van der Waals surface area contributed by atoms with Crippen molar-refractivity contribution in [2.75, 3.05) is 38.9 Å². The molecule has 0 aliphatic heterocycles. The molecule has 0 radical (unpaired) electrons. The summed E-state index contributed by atoms with van der Waals surface area (Å²) in [6.07, 6.45) is 1.48. The van der Waals surface area contributed by atoms with Crippen LogP contribution in [0.4, 0.5) is 0 Å². The second-order valence-electron chi connectivity index (χ2n) is 3.52. The second-order valence-corrected chi connectivity index (χ2v) is 4.50. The number of rotatable bonds is 9. The minimum absolute atomic E-state index is 0.229. The predicted octanol–water partition coefficient (Wildman–Crippen LogP) is -1.92. The number of carbonyl (C=O) groups excluding carboxylic acids is 2. The molecule has 9 heteroatoms. The van der Waals surface area contributed by atoms with E-state index in [2.05, 4.69) is 4.74 Å². The highest BCUT2D eigenvalue weighted by Crippen LogP contribution is 2.03. The van der Waals surface area contributed by atoms with E-state index in [9.17, 15) is 9.59 Å². The zero-order valence-corrected chi connectivity index (χ0v) is 12.6. The van der Waals surface area contributed by atoms with Gasteiger partial charge in [0.15, 0.2) is 6.10 Å². The smallest absolute Gasteiger partial charge is 0.323 e. The van der Waals surface area contributed by atoms with E-state index in [1.54, 1.807) is 11.8 Å². The predicted molar refractivity (Wildman–Crippen MR) is 76.1 cm³/mol. The monoisotopic (exact) mass is 312 g/mol. The van der Waals surface area contributed by atoms with E-state index in [-0.39, 0.29) is 13.2 Å². The van der Waals surface area contributed by atoms with Gasteiger partial charge in [-0.25, -0.2) is 0 Å². The summed E-state index contributed by atoms with van der Waals surface area (Å²) in [6.45, 7) is -0.939. The summed E-state index contributed by atoms with van der Waals surface area (Å²) in [7, 11) is 1.00. The van der Waals surface area contributed by atoms with Crippen molar-refractivity contribution in [3.8, 4) is 0 Å². The summed E-state index contributed by atoms with van der Waals surface area (Å²) in [5, 5.41) is 16.0. The van der Waals surface area contributed by atoms with Gasteiger partial charge >= 0.3 is 11.9 Å². The molecule has 0 saturated heterocycles. The van der Waals surface area contributed by atoms with Crippen LogP contribution in [-0.4, -0.2) is 73.2 Å². The zero-order chi connectivity index (χ0) is 16.0. The molecule has 0 amide bonds. The average molecular weight is 312 g/mol. The standard InChI is InChI=1S/C10H20N2O5S.CH4O/c1-18-3-2-8(12)10(15)17-7(5-13)6-16-9(14)4-11;1-2/h7-8,13H,2-6,11-12H2,1H3;2H,1H3/t7?,8-;/m0./s1. The fourth-order valence-corrected chi connectivity index (χ4v) is 1.47. The molecule has 0 spiro atoms. The minimum atomic E-state index is -0.909. The van der Waals surface area contributed by atoms with E-state index in [1.807, 2.05) is 6.26 Å². The van der Waals surface area contributed by atoms with E-state index in [0.717, 1.165) is 12.9 Å². The lowest BCUT2D eigenvalue weighted by molar-refractivity contribution is -0.161. The average Bonchev–Trinajstić information content (AvgIpc) is 2.50. The SMILES string of the molecule is CO.CSCC[C@H](N)C(=O)OC(CO)COC(=O)CN. The fraction of sp³-hybridized carbons (Fsp3) is 0.818. The Balaban J connectivity index is 0. The number of esters is 2. The molecule has 0 aromatic rings. The van der Waals surface area contributed by atoms with E-state index < -0.39 is 30.7 Å². The van der Waals surface area contributed by atoms with Crippen LogP contribution < -0.4 is 11.5 Å². The highest BCUT2D eigenvalue weighted by Gasteiger charge is 2.20. The molecular formula is C11H24N2O6S. The first-order chi connectivity index (χ1) is 9.54. The maximum Gasteiger partial charge on any atom is 0.323 e. The van der Waals surface area contributed by atoms with E-state index in [1.165, 1.54) is 0 Å². The molecule has 0 aromatic heterocycles. The first-order valence-electron chi connectivity index (χ1n) is 5.91. The van der Waals surface area contributed by atoms with Crippen molar-refractivity contribution in [1.82, 2.24) is 0 Å². The Morgan fingerprint density at radius 1 is 1.35 bits per heavy atom. The normalized spacial score (nSPS) is 12.7. The van der Waals surface area contributed by atoms with Crippen LogP contribution in [-0.2, 0) is 19.1 Å². The molecule has 2 atom stereocenters. The molecule has 0 aliphatic carbocycles. The molecule has 0 rings (SSSR count). The quantitative estimate of drug-likeness (QED) is 0.358. The number of aliphatic hydroxyl groups excluding tert-OH is 2. The van der Waals surface area contributed by atoms with E-state index in [4.69, 9.17) is 26.4 Å². The Morgan fingerprint density at radius 2 is 1.95 bits per heavy atom. The summed E-state index contributed by atoms with van der Waals surface area (Å²) >= 11 is 1.57. The number of aliphatic hydroxyl groups is 2. The molecule has 8 nitrogen and oxygen atoms in total. The van der Waals surface area contributed by atoms with Gasteiger partial charge < -0.3 is 31.2 Å². The molecule has 0 saturated carbocycles. The third-order valence-electron chi connectivity index (χ3n) is 2.02. The molecular weight excluding hydrogens is 288 g/mol. The summed E-state index contributed by atoms with van der Waals surface area (Å²) < 4.78 is 9.57. The van der Waals surface area contributed by atoms with Gasteiger partial charge in [0.2, 0.25) is 0 Å². The fourth-order valence-electron chi connectivity index (χ4n) is 0.983. The summed E-state index contributed by atoms with van der Waals surface area (Å²) in [5.41, 5.74) is 10.6. The Labute approximate surface area is 122 Å². The van der Waals surface area contributed by atoms with Gasteiger partial charge in [-0.1, -0.05) is 0 Å². The summed E-state index contributed by atoms with van der Waals surface area (Å²) in [5.74, 6) is -0.509. The maximum absolute atomic E-state index is 11.5. The highest BCUT2D eigenvalue weighted by atomic mass is 32.2. The third-order valence-corrected chi connectivity index (χ3v) is 2.66.